The zero-order chi connectivity index (χ0) is 19.7. The highest BCUT2D eigenvalue weighted by atomic mass is 35.5. The van der Waals surface area contributed by atoms with Crippen molar-refractivity contribution in [2.75, 3.05) is 39.3 Å². The van der Waals surface area contributed by atoms with E-state index in [1.165, 1.54) is 12.1 Å². The van der Waals surface area contributed by atoms with Crippen molar-refractivity contribution in [2.24, 2.45) is 4.99 Å². The average Bonchev–Trinajstić information content (AvgIpc) is 3.17. The number of hydrogen-bond acceptors (Lipinski definition) is 4. The van der Waals surface area contributed by atoms with E-state index in [1.807, 2.05) is 11.8 Å². The predicted octanol–water partition coefficient (Wildman–Crippen LogP) is 0.796. The molecule has 1 saturated heterocycles. The summed E-state index contributed by atoms with van der Waals surface area (Å²) < 4.78 is 26.9. The van der Waals surface area contributed by atoms with E-state index < -0.39 is 10.0 Å². The van der Waals surface area contributed by atoms with Gasteiger partial charge in [-0.1, -0.05) is 17.7 Å². The summed E-state index contributed by atoms with van der Waals surface area (Å²) >= 11 is 5.84. The van der Waals surface area contributed by atoms with Crippen LogP contribution in [0.2, 0.25) is 5.02 Å². The molecule has 0 radical (unpaired) electrons. The van der Waals surface area contributed by atoms with Crippen molar-refractivity contribution >= 4 is 33.5 Å². The number of hydrogen-bond donors (Lipinski definition) is 3. The number of nitrogens with one attached hydrogen (secondary N) is 3. The van der Waals surface area contributed by atoms with Crippen LogP contribution in [0.15, 0.2) is 34.2 Å². The molecule has 8 nitrogen and oxygen atoms in total. The highest BCUT2D eigenvalue weighted by Gasteiger charge is 2.17. The van der Waals surface area contributed by atoms with Gasteiger partial charge in [-0.25, -0.2) is 18.1 Å². The number of guanidine groups is 1. The molecule has 0 bridgehead atoms. The first-order valence-electron chi connectivity index (χ1n) is 8.97. The highest BCUT2D eigenvalue weighted by molar-refractivity contribution is 7.89. The summed E-state index contributed by atoms with van der Waals surface area (Å²) in [6.45, 7) is 4.71. The number of benzene rings is 1. The second kappa shape index (κ2) is 10.5. The minimum atomic E-state index is -3.63. The summed E-state index contributed by atoms with van der Waals surface area (Å²) in [4.78, 5) is 18.3. The van der Waals surface area contributed by atoms with Crippen molar-refractivity contribution in [1.82, 2.24) is 20.3 Å². The van der Waals surface area contributed by atoms with Gasteiger partial charge in [-0.3, -0.25) is 4.79 Å². The quantitative estimate of drug-likeness (QED) is 0.331. The van der Waals surface area contributed by atoms with E-state index >= 15 is 0 Å². The molecule has 1 heterocycles. The second-order valence-corrected chi connectivity index (χ2v) is 8.27. The molecule has 0 unspecified atom stereocenters. The molecule has 0 spiro atoms. The summed E-state index contributed by atoms with van der Waals surface area (Å²) in [5.74, 6) is 0.485. The Morgan fingerprint density at radius 1 is 1.22 bits per heavy atom. The normalized spacial score (nSPS) is 15.0. The van der Waals surface area contributed by atoms with Crippen LogP contribution in [-0.4, -0.2) is 64.5 Å². The van der Waals surface area contributed by atoms with E-state index in [9.17, 15) is 13.2 Å². The fourth-order valence-corrected chi connectivity index (χ4v) is 3.97. The average molecular weight is 416 g/mol. The summed E-state index contributed by atoms with van der Waals surface area (Å²) in [7, 11) is -3.63. The molecule has 0 saturated carbocycles. The number of amides is 1. The molecule has 0 atom stereocenters. The van der Waals surface area contributed by atoms with Gasteiger partial charge in [-0.15, -0.1) is 0 Å². The molecule has 0 aromatic heterocycles. The van der Waals surface area contributed by atoms with Crippen LogP contribution in [0, 0.1) is 0 Å². The van der Waals surface area contributed by atoms with Gasteiger partial charge in [0, 0.05) is 37.7 Å². The Balaban J connectivity index is 1.81. The Kier molecular flexibility index (Phi) is 8.33. The third-order valence-corrected chi connectivity index (χ3v) is 5.69. The monoisotopic (exact) mass is 415 g/mol. The third-order valence-electron chi connectivity index (χ3n) is 3.99. The van der Waals surface area contributed by atoms with Crippen LogP contribution in [0.4, 0.5) is 0 Å². The molecule has 1 aromatic rings. The first-order chi connectivity index (χ1) is 12.9. The molecule has 2 rings (SSSR count). The van der Waals surface area contributed by atoms with Gasteiger partial charge in [-0.05, 0) is 38.0 Å². The van der Waals surface area contributed by atoms with Gasteiger partial charge in [-0.2, -0.15) is 0 Å². The first-order valence-corrected chi connectivity index (χ1v) is 10.8. The molecule has 1 fully saturated rings. The van der Waals surface area contributed by atoms with E-state index in [2.05, 4.69) is 20.3 Å². The van der Waals surface area contributed by atoms with Crippen molar-refractivity contribution in [3.63, 3.8) is 0 Å². The van der Waals surface area contributed by atoms with Gasteiger partial charge in [0.05, 0.1) is 4.90 Å². The fraction of sp³-hybridized carbons (Fsp3) is 0.529. The van der Waals surface area contributed by atoms with E-state index in [1.54, 1.807) is 12.1 Å². The van der Waals surface area contributed by atoms with E-state index in [-0.39, 0.29) is 23.9 Å². The van der Waals surface area contributed by atoms with Crippen LogP contribution >= 0.6 is 11.6 Å². The smallest absolute Gasteiger partial charge is 0.244 e. The number of aliphatic imine (C=N–C) groups is 1. The Morgan fingerprint density at radius 2 is 1.96 bits per heavy atom. The second-order valence-electron chi connectivity index (χ2n) is 6.06. The third kappa shape index (κ3) is 7.00. The summed E-state index contributed by atoms with van der Waals surface area (Å²) in [5.41, 5.74) is 0. The van der Waals surface area contributed by atoms with Crippen LogP contribution in [0.25, 0.3) is 0 Å². The standard InChI is InChI=1S/C17H26ClN5O3S/c1-2-19-17(21-13-16(24)23-10-3-4-11-23)20-8-9-22-27(25,26)15-7-5-6-14(18)12-15/h5-7,12,22H,2-4,8-11,13H2,1H3,(H2,19,20,21). The van der Waals surface area contributed by atoms with E-state index in [0.29, 0.717) is 24.1 Å². The van der Waals surface area contributed by atoms with Crippen LogP contribution in [0.1, 0.15) is 19.8 Å². The SMILES string of the molecule is CCNC(=NCC(=O)N1CCCC1)NCCNS(=O)(=O)c1cccc(Cl)c1. The largest absolute Gasteiger partial charge is 0.357 e. The number of nitrogens with zero attached hydrogens (tertiary/aromatic N) is 2. The lowest BCUT2D eigenvalue weighted by molar-refractivity contribution is -0.128. The molecule has 10 heteroatoms. The fourth-order valence-electron chi connectivity index (χ4n) is 2.64. The lowest BCUT2D eigenvalue weighted by Gasteiger charge is -2.15. The maximum Gasteiger partial charge on any atom is 0.244 e. The maximum atomic E-state index is 12.2. The molecule has 1 aliphatic heterocycles. The Labute approximate surface area is 165 Å². The van der Waals surface area contributed by atoms with Gasteiger partial charge < -0.3 is 15.5 Å². The molecule has 3 N–H and O–H groups in total. The zero-order valence-electron chi connectivity index (χ0n) is 15.4. The molecule has 0 aliphatic carbocycles. The van der Waals surface area contributed by atoms with E-state index in [0.717, 1.165) is 25.9 Å². The maximum absolute atomic E-state index is 12.2. The van der Waals surface area contributed by atoms with Crippen molar-refractivity contribution in [3.05, 3.63) is 29.3 Å². The number of carbonyl (C=O) groups excluding carboxylic acids is 1. The van der Waals surface area contributed by atoms with Gasteiger partial charge in [0.1, 0.15) is 6.54 Å². The Bertz CT molecular complexity index is 764. The van der Waals surface area contributed by atoms with Crippen LogP contribution in [0.5, 0.6) is 0 Å². The molecule has 1 aliphatic rings. The van der Waals surface area contributed by atoms with Gasteiger partial charge in [0.25, 0.3) is 0 Å². The number of carbonyl (C=O) groups is 1. The topological polar surface area (TPSA) is 103 Å². The van der Waals surface area contributed by atoms with Crippen molar-refractivity contribution < 1.29 is 13.2 Å². The number of rotatable bonds is 8. The minimum absolute atomic E-state index is 0.00589. The molecule has 1 amide bonds. The minimum Gasteiger partial charge on any atom is -0.357 e. The van der Waals surface area contributed by atoms with Gasteiger partial charge in [0.2, 0.25) is 15.9 Å². The Morgan fingerprint density at radius 3 is 2.63 bits per heavy atom. The number of likely N-dealkylation sites (tertiary alicyclic amines) is 1. The summed E-state index contributed by atoms with van der Waals surface area (Å²) in [6, 6.07) is 6.08. The molecule has 1 aromatic carbocycles. The van der Waals surface area contributed by atoms with E-state index in [4.69, 9.17) is 11.6 Å². The van der Waals surface area contributed by atoms with Crippen molar-refractivity contribution in [3.8, 4) is 0 Å². The van der Waals surface area contributed by atoms with Crippen molar-refractivity contribution in [1.29, 1.82) is 0 Å². The van der Waals surface area contributed by atoms with Gasteiger partial charge in [0.15, 0.2) is 5.96 Å². The predicted molar refractivity (Wildman–Crippen MR) is 106 cm³/mol. The molecular weight excluding hydrogens is 390 g/mol. The van der Waals surface area contributed by atoms with Crippen LogP contribution in [-0.2, 0) is 14.8 Å². The zero-order valence-corrected chi connectivity index (χ0v) is 16.9. The summed E-state index contributed by atoms with van der Waals surface area (Å²) in [6.07, 6.45) is 2.08. The lowest BCUT2D eigenvalue weighted by atomic mass is 10.4. The van der Waals surface area contributed by atoms with Crippen LogP contribution in [0.3, 0.4) is 0 Å². The Hall–Kier alpha value is -1.84. The van der Waals surface area contributed by atoms with Crippen LogP contribution < -0.4 is 15.4 Å². The summed E-state index contributed by atoms with van der Waals surface area (Å²) in [5, 5.41) is 6.42. The lowest BCUT2D eigenvalue weighted by Crippen LogP contribution is -2.42. The number of halogens is 1. The van der Waals surface area contributed by atoms with Crippen molar-refractivity contribution in [2.45, 2.75) is 24.7 Å². The molecule has 150 valence electrons. The highest BCUT2D eigenvalue weighted by Crippen LogP contribution is 2.14. The molecular formula is C17H26ClN5O3S. The number of sulfonamides is 1. The first kappa shape index (κ1) is 21.5. The van der Waals surface area contributed by atoms with Gasteiger partial charge >= 0.3 is 0 Å². The molecule has 27 heavy (non-hydrogen) atoms.